The lowest BCUT2D eigenvalue weighted by Gasteiger charge is -2.22. The van der Waals surface area contributed by atoms with E-state index in [0.717, 1.165) is 19.3 Å². The van der Waals surface area contributed by atoms with Crippen LogP contribution in [-0.4, -0.2) is 22.4 Å². The fourth-order valence-corrected chi connectivity index (χ4v) is 2.93. The van der Waals surface area contributed by atoms with Gasteiger partial charge in [0, 0.05) is 6.61 Å². The zero-order valence-corrected chi connectivity index (χ0v) is 14.7. The van der Waals surface area contributed by atoms with Crippen molar-refractivity contribution in [2.75, 3.05) is 6.61 Å². The quantitative estimate of drug-likeness (QED) is 0.364. The maximum Gasteiger partial charge on any atom is 0.0620 e. The van der Waals surface area contributed by atoms with E-state index in [1.165, 1.54) is 70.6 Å². The third kappa shape index (κ3) is 16.1. The number of hydrogen-bond acceptors (Lipinski definition) is 2. The molecule has 1 unspecified atom stereocenters. The van der Waals surface area contributed by atoms with Gasteiger partial charge in [-0.2, -0.15) is 0 Å². The van der Waals surface area contributed by atoms with Gasteiger partial charge in [-0.1, -0.05) is 84.0 Å². The van der Waals surface area contributed by atoms with E-state index in [4.69, 9.17) is 5.11 Å². The second-order valence-corrected chi connectivity index (χ2v) is 6.96. The highest BCUT2D eigenvalue weighted by atomic mass is 16.3. The Morgan fingerprint density at radius 2 is 1.00 bits per heavy atom. The predicted molar refractivity (Wildman–Crippen MR) is 92.6 cm³/mol. The molecule has 0 aromatic heterocycles. The molecular weight excluding hydrogens is 260 g/mol. The maximum atomic E-state index is 10.1. The summed E-state index contributed by atoms with van der Waals surface area (Å²) >= 11 is 0. The van der Waals surface area contributed by atoms with E-state index in [0.29, 0.717) is 6.42 Å². The summed E-state index contributed by atoms with van der Waals surface area (Å²) in [5, 5.41) is 18.9. The molecule has 21 heavy (non-hydrogen) atoms. The normalized spacial score (nSPS) is 14.3. The highest BCUT2D eigenvalue weighted by Gasteiger charge is 2.18. The number of aliphatic hydroxyl groups is 2. The van der Waals surface area contributed by atoms with Gasteiger partial charge in [0.15, 0.2) is 0 Å². The number of hydrogen-bond donors (Lipinski definition) is 2. The number of aliphatic hydroxyl groups excluding tert-OH is 1. The van der Waals surface area contributed by atoms with Crippen molar-refractivity contribution in [1.29, 1.82) is 0 Å². The van der Waals surface area contributed by atoms with Crippen molar-refractivity contribution < 1.29 is 10.2 Å². The van der Waals surface area contributed by atoms with Gasteiger partial charge in [0.2, 0.25) is 0 Å². The number of rotatable bonds is 16. The lowest BCUT2D eigenvalue weighted by molar-refractivity contribution is 0.0326. The Bertz CT molecular complexity index is 202. The SMILES string of the molecule is CCCCCCCCCCCCCCC(C)(O)CCCO. The Kier molecular flexibility index (Phi) is 14.8. The smallest absolute Gasteiger partial charge is 0.0620 e. The fourth-order valence-electron chi connectivity index (χ4n) is 2.93. The summed E-state index contributed by atoms with van der Waals surface area (Å²) in [6, 6.07) is 0. The molecule has 0 saturated heterocycles. The Morgan fingerprint density at radius 1 is 0.619 bits per heavy atom. The molecule has 0 heterocycles. The molecular formula is C19H40O2. The van der Waals surface area contributed by atoms with Gasteiger partial charge in [0.05, 0.1) is 5.60 Å². The average molecular weight is 301 g/mol. The van der Waals surface area contributed by atoms with Crippen LogP contribution in [0.5, 0.6) is 0 Å². The minimum atomic E-state index is -0.568. The summed E-state index contributed by atoms with van der Waals surface area (Å²) in [5.41, 5.74) is -0.568. The van der Waals surface area contributed by atoms with Crippen LogP contribution in [0.2, 0.25) is 0 Å². The van der Waals surface area contributed by atoms with Gasteiger partial charge in [0.25, 0.3) is 0 Å². The van der Waals surface area contributed by atoms with Gasteiger partial charge in [-0.15, -0.1) is 0 Å². The molecule has 128 valence electrons. The minimum Gasteiger partial charge on any atom is -0.396 e. The first-order valence-electron chi connectivity index (χ1n) is 9.45. The van der Waals surface area contributed by atoms with Crippen molar-refractivity contribution in [2.45, 2.75) is 116 Å². The van der Waals surface area contributed by atoms with Gasteiger partial charge >= 0.3 is 0 Å². The van der Waals surface area contributed by atoms with Crippen LogP contribution in [0.3, 0.4) is 0 Å². The van der Waals surface area contributed by atoms with E-state index >= 15 is 0 Å². The van der Waals surface area contributed by atoms with E-state index in [1.54, 1.807) is 0 Å². The average Bonchev–Trinajstić information content (AvgIpc) is 2.46. The first kappa shape index (κ1) is 20.9. The van der Waals surface area contributed by atoms with E-state index in [-0.39, 0.29) is 6.61 Å². The molecule has 2 nitrogen and oxygen atoms in total. The van der Waals surface area contributed by atoms with Crippen LogP contribution in [0.25, 0.3) is 0 Å². The molecule has 0 spiro atoms. The molecule has 0 aromatic rings. The molecule has 0 aliphatic rings. The molecule has 2 heteroatoms. The van der Waals surface area contributed by atoms with Gasteiger partial charge in [-0.25, -0.2) is 0 Å². The van der Waals surface area contributed by atoms with Crippen molar-refractivity contribution in [2.24, 2.45) is 0 Å². The molecule has 0 aliphatic heterocycles. The zero-order valence-electron chi connectivity index (χ0n) is 14.7. The van der Waals surface area contributed by atoms with E-state index in [1.807, 2.05) is 6.92 Å². The lowest BCUT2D eigenvalue weighted by atomic mass is 9.93. The summed E-state index contributed by atoms with van der Waals surface area (Å²) in [7, 11) is 0. The van der Waals surface area contributed by atoms with Gasteiger partial charge in [-0.05, 0) is 26.2 Å². The minimum absolute atomic E-state index is 0.189. The number of unbranched alkanes of at least 4 members (excludes halogenated alkanes) is 11. The van der Waals surface area contributed by atoms with Crippen LogP contribution in [0, 0.1) is 0 Å². The Labute approximate surface area is 133 Å². The van der Waals surface area contributed by atoms with Crippen LogP contribution in [0.4, 0.5) is 0 Å². The zero-order chi connectivity index (χ0) is 15.8. The topological polar surface area (TPSA) is 40.5 Å². The first-order chi connectivity index (χ1) is 10.1. The monoisotopic (exact) mass is 300 g/mol. The predicted octanol–water partition coefficient (Wildman–Crippen LogP) is 5.60. The largest absolute Gasteiger partial charge is 0.396 e. The van der Waals surface area contributed by atoms with Crippen molar-refractivity contribution in [3.8, 4) is 0 Å². The summed E-state index contributed by atoms with van der Waals surface area (Å²) in [4.78, 5) is 0. The van der Waals surface area contributed by atoms with Crippen LogP contribution >= 0.6 is 0 Å². The molecule has 0 radical (unpaired) electrons. The Balaban J connectivity index is 3.18. The molecule has 0 aliphatic carbocycles. The van der Waals surface area contributed by atoms with Crippen LogP contribution in [-0.2, 0) is 0 Å². The van der Waals surface area contributed by atoms with Crippen molar-refractivity contribution >= 4 is 0 Å². The fraction of sp³-hybridized carbons (Fsp3) is 1.00. The standard InChI is InChI=1S/C19H40O2/c1-3-4-5-6-7-8-9-10-11-12-13-14-16-19(2,21)17-15-18-20/h20-21H,3-18H2,1-2H3. The summed E-state index contributed by atoms with van der Waals surface area (Å²) in [5.74, 6) is 0. The molecule has 0 aromatic carbocycles. The van der Waals surface area contributed by atoms with Crippen LogP contribution in [0.15, 0.2) is 0 Å². The Hall–Kier alpha value is -0.0800. The summed E-state index contributed by atoms with van der Waals surface area (Å²) in [6.45, 7) is 4.36. The summed E-state index contributed by atoms with van der Waals surface area (Å²) in [6.07, 6.45) is 18.6. The molecule has 0 rings (SSSR count). The molecule has 0 bridgehead atoms. The van der Waals surface area contributed by atoms with Crippen LogP contribution < -0.4 is 0 Å². The van der Waals surface area contributed by atoms with Crippen molar-refractivity contribution in [1.82, 2.24) is 0 Å². The molecule has 2 N–H and O–H groups in total. The highest BCUT2D eigenvalue weighted by molar-refractivity contribution is 4.72. The maximum absolute atomic E-state index is 10.1. The lowest BCUT2D eigenvalue weighted by Crippen LogP contribution is -2.24. The molecule has 0 saturated carbocycles. The van der Waals surface area contributed by atoms with Gasteiger partial charge < -0.3 is 10.2 Å². The van der Waals surface area contributed by atoms with Crippen molar-refractivity contribution in [3.63, 3.8) is 0 Å². The summed E-state index contributed by atoms with van der Waals surface area (Å²) < 4.78 is 0. The molecule has 0 amide bonds. The van der Waals surface area contributed by atoms with E-state index in [9.17, 15) is 5.11 Å². The first-order valence-corrected chi connectivity index (χ1v) is 9.45. The van der Waals surface area contributed by atoms with E-state index < -0.39 is 5.60 Å². The van der Waals surface area contributed by atoms with E-state index in [2.05, 4.69) is 6.92 Å². The highest BCUT2D eigenvalue weighted by Crippen LogP contribution is 2.21. The second-order valence-electron chi connectivity index (χ2n) is 6.96. The third-order valence-corrected chi connectivity index (χ3v) is 4.44. The van der Waals surface area contributed by atoms with Gasteiger partial charge in [-0.3, -0.25) is 0 Å². The van der Waals surface area contributed by atoms with Gasteiger partial charge in [0.1, 0.15) is 0 Å². The molecule has 0 fully saturated rings. The van der Waals surface area contributed by atoms with Crippen molar-refractivity contribution in [3.05, 3.63) is 0 Å². The second kappa shape index (κ2) is 14.8. The molecule has 1 atom stereocenters. The Morgan fingerprint density at radius 3 is 1.43 bits per heavy atom. The third-order valence-electron chi connectivity index (χ3n) is 4.44. The van der Waals surface area contributed by atoms with Crippen LogP contribution in [0.1, 0.15) is 110 Å².